The molecule has 19 heavy (non-hydrogen) atoms. The molecule has 106 valence electrons. The predicted octanol–water partition coefficient (Wildman–Crippen LogP) is 0.827. The summed E-state index contributed by atoms with van der Waals surface area (Å²) >= 11 is 0. The van der Waals surface area contributed by atoms with Crippen molar-refractivity contribution in [3.05, 3.63) is 24.2 Å². The maximum Gasteiger partial charge on any atom is 0.242 e. The van der Waals surface area contributed by atoms with E-state index >= 15 is 0 Å². The number of nitrogens with one attached hydrogen (secondary N) is 2. The van der Waals surface area contributed by atoms with Crippen LogP contribution in [-0.2, 0) is 20.9 Å². The molecule has 0 bridgehead atoms. The van der Waals surface area contributed by atoms with Gasteiger partial charge in [0.2, 0.25) is 11.8 Å². The van der Waals surface area contributed by atoms with Gasteiger partial charge in [0.1, 0.15) is 11.8 Å². The molecule has 1 heterocycles. The summed E-state index contributed by atoms with van der Waals surface area (Å²) in [5, 5.41) is 5.29. The lowest BCUT2D eigenvalue weighted by Gasteiger charge is -2.13. The van der Waals surface area contributed by atoms with Crippen molar-refractivity contribution in [2.45, 2.75) is 32.9 Å². The normalized spacial score (nSPS) is 11.9. The molecule has 1 unspecified atom stereocenters. The summed E-state index contributed by atoms with van der Waals surface area (Å²) in [6.07, 6.45) is 1.80. The van der Waals surface area contributed by atoms with Crippen LogP contribution in [0.3, 0.4) is 0 Å². The smallest absolute Gasteiger partial charge is 0.242 e. The molecule has 2 amide bonds. The molecule has 6 heteroatoms. The lowest BCUT2D eigenvalue weighted by Crippen LogP contribution is -2.44. The Morgan fingerprint density at radius 1 is 1.47 bits per heavy atom. The van der Waals surface area contributed by atoms with Crippen molar-refractivity contribution in [2.75, 3.05) is 13.2 Å². The Labute approximate surface area is 112 Å². The Morgan fingerprint density at radius 2 is 2.26 bits per heavy atom. The maximum atomic E-state index is 11.7. The summed E-state index contributed by atoms with van der Waals surface area (Å²) in [4.78, 5) is 23.2. The third kappa shape index (κ3) is 6.05. The molecule has 0 aromatic carbocycles. The molecule has 1 aromatic heterocycles. The lowest BCUT2D eigenvalue weighted by molar-refractivity contribution is -0.129. The van der Waals surface area contributed by atoms with E-state index in [2.05, 4.69) is 10.6 Å². The van der Waals surface area contributed by atoms with Gasteiger partial charge in [0.05, 0.1) is 19.4 Å². The van der Waals surface area contributed by atoms with E-state index in [0.717, 1.165) is 0 Å². The van der Waals surface area contributed by atoms with Gasteiger partial charge in [-0.2, -0.15) is 0 Å². The van der Waals surface area contributed by atoms with Crippen LogP contribution in [0.5, 0.6) is 0 Å². The van der Waals surface area contributed by atoms with E-state index in [1.54, 1.807) is 25.3 Å². The van der Waals surface area contributed by atoms with E-state index in [4.69, 9.17) is 9.15 Å². The van der Waals surface area contributed by atoms with Crippen molar-refractivity contribution in [2.24, 2.45) is 0 Å². The highest BCUT2D eigenvalue weighted by Gasteiger charge is 2.15. The molecule has 0 spiro atoms. The first-order valence-electron chi connectivity index (χ1n) is 6.30. The van der Waals surface area contributed by atoms with Crippen molar-refractivity contribution < 1.29 is 18.7 Å². The molecule has 6 nitrogen and oxygen atoms in total. The van der Waals surface area contributed by atoms with Gasteiger partial charge in [-0.05, 0) is 26.0 Å². The molecular weight excluding hydrogens is 248 g/mol. The Balaban J connectivity index is 2.22. The molecule has 0 fully saturated rings. The number of furan rings is 1. The van der Waals surface area contributed by atoms with Gasteiger partial charge in [-0.25, -0.2) is 0 Å². The number of carbonyl (C=O) groups excluding carboxylic acids is 2. The Morgan fingerprint density at radius 3 is 2.89 bits per heavy atom. The quantitative estimate of drug-likeness (QED) is 0.684. The minimum atomic E-state index is -0.580. The summed E-state index contributed by atoms with van der Waals surface area (Å²) < 4.78 is 10.2. The molecule has 1 atom stereocenters. The van der Waals surface area contributed by atoms with Gasteiger partial charge in [-0.3, -0.25) is 9.59 Å². The van der Waals surface area contributed by atoms with Crippen molar-refractivity contribution >= 4 is 11.8 Å². The van der Waals surface area contributed by atoms with Crippen molar-refractivity contribution in [1.29, 1.82) is 0 Å². The van der Waals surface area contributed by atoms with Crippen molar-refractivity contribution in [3.63, 3.8) is 0 Å². The molecule has 0 aliphatic carbocycles. The fraction of sp³-hybridized carbons (Fsp3) is 0.538. The maximum absolute atomic E-state index is 11.7. The zero-order valence-electron chi connectivity index (χ0n) is 11.3. The fourth-order valence-electron chi connectivity index (χ4n) is 1.43. The standard InChI is InChI=1S/C13H20N2O4/c1-3-18-8-6-12(16)15-10(2)13(17)14-9-11-5-4-7-19-11/h4-5,7,10H,3,6,8-9H2,1-2H3,(H,14,17)(H,15,16). The van der Waals surface area contributed by atoms with E-state index in [1.165, 1.54) is 0 Å². The van der Waals surface area contributed by atoms with Gasteiger partial charge in [-0.15, -0.1) is 0 Å². The zero-order chi connectivity index (χ0) is 14.1. The third-order valence-corrected chi connectivity index (χ3v) is 2.47. The number of rotatable bonds is 8. The van der Waals surface area contributed by atoms with Gasteiger partial charge in [0.15, 0.2) is 0 Å². The highest BCUT2D eigenvalue weighted by Crippen LogP contribution is 1.98. The Hall–Kier alpha value is -1.82. The lowest BCUT2D eigenvalue weighted by atomic mass is 10.3. The van der Waals surface area contributed by atoms with E-state index in [0.29, 0.717) is 25.5 Å². The SMILES string of the molecule is CCOCCC(=O)NC(C)C(=O)NCc1ccco1. The zero-order valence-corrected chi connectivity index (χ0v) is 11.3. The number of hydrogen-bond acceptors (Lipinski definition) is 4. The topological polar surface area (TPSA) is 80.6 Å². The number of ether oxygens (including phenoxy) is 1. The molecule has 0 saturated carbocycles. The summed E-state index contributed by atoms with van der Waals surface area (Å²) in [6.45, 7) is 4.75. The second-order valence-corrected chi connectivity index (χ2v) is 4.03. The summed E-state index contributed by atoms with van der Waals surface area (Å²) in [5.74, 6) is 0.221. The molecule has 0 saturated heterocycles. The molecule has 0 radical (unpaired) electrons. The van der Waals surface area contributed by atoms with Crippen molar-refractivity contribution in [3.8, 4) is 0 Å². The van der Waals surface area contributed by atoms with Gasteiger partial charge in [0.25, 0.3) is 0 Å². The molecular formula is C13H20N2O4. The van der Waals surface area contributed by atoms with Crippen LogP contribution in [-0.4, -0.2) is 31.1 Å². The van der Waals surface area contributed by atoms with Crippen LogP contribution in [0.2, 0.25) is 0 Å². The second-order valence-electron chi connectivity index (χ2n) is 4.03. The van der Waals surface area contributed by atoms with Gasteiger partial charge >= 0.3 is 0 Å². The molecule has 0 aliphatic heterocycles. The largest absolute Gasteiger partial charge is 0.467 e. The van der Waals surface area contributed by atoms with Crippen LogP contribution >= 0.6 is 0 Å². The predicted molar refractivity (Wildman–Crippen MR) is 69.3 cm³/mol. The average molecular weight is 268 g/mol. The minimum Gasteiger partial charge on any atom is -0.467 e. The first-order chi connectivity index (χ1) is 9.13. The van der Waals surface area contributed by atoms with Gasteiger partial charge < -0.3 is 19.8 Å². The monoisotopic (exact) mass is 268 g/mol. The Kier molecular flexibility index (Phi) is 6.67. The van der Waals surface area contributed by atoms with Crippen LogP contribution in [0.25, 0.3) is 0 Å². The van der Waals surface area contributed by atoms with Crippen molar-refractivity contribution in [1.82, 2.24) is 10.6 Å². The fourth-order valence-corrected chi connectivity index (χ4v) is 1.43. The van der Waals surface area contributed by atoms with Crippen LogP contribution in [0.4, 0.5) is 0 Å². The second kappa shape index (κ2) is 8.31. The van der Waals surface area contributed by atoms with Crippen LogP contribution in [0, 0.1) is 0 Å². The highest BCUT2D eigenvalue weighted by molar-refractivity contribution is 5.87. The molecule has 1 aromatic rings. The molecule has 1 rings (SSSR count). The minimum absolute atomic E-state index is 0.200. The number of amides is 2. The van der Waals surface area contributed by atoms with Crippen LogP contribution in [0.1, 0.15) is 26.0 Å². The van der Waals surface area contributed by atoms with E-state index < -0.39 is 6.04 Å². The third-order valence-electron chi connectivity index (χ3n) is 2.47. The highest BCUT2D eigenvalue weighted by atomic mass is 16.5. The molecule has 2 N–H and O–H groups in total. The summed E-state index contributed by atoms with van der Waals surface area (Å²) in [6, 6.07) is 2.94. The van der Waals surface area contributed by atoms with Gasteiger partial charge in [0, 0.05) is 13.0 Å². The number of hydrogen-bond donors (Lipinski definition) is 2. The summed E-state index contributed by atoms with van der Waals surface area (Å²) in [5.41, 5.74) is 0. The van der Waals surface area contributed by atoms with E-state index in [9.17, 15) is 9.59 Å². The first-order valence-corrected chi connectivity index (χ1v) is 6.30. The Bertz CT molecular complexity index is 389. The van der Waals surface area contributed by atoms with Crippen LogP contribution < -0.4 is 10.6 Å². The number of carbonyl (C=O) groups is 2. The molecule has 0 aliphatic rings. The van der Waals surface area contributed by atoms with E-state index in [-0.39, 0.29) is 18.2 Å². The van der Waals surface area contributed by atoms with Gasteiger partial charge in [-0.1, -0.05) is 0 Å². The summed E-state index contributed by atoms with van der Waals surface area (Å²) in [7, 11) is 0. The first kappa shape index (κ1) is 15.2. The average Bonchev–Trinajstić information content (AvgIpc) is 2.89. The van der Waals surface area contributed by atoms with Crippen LogP contribution in [0.15, 0.2) is 22.8 Å². The van der Waals surface area contributed by atoms with E-state index in [1.807, 2.05) is 6.92 Å².